The molecule has 2 aliphatic heterocycles. The van der Waals surface area contributed by atoms with E-state index in [1.54, 1.807) is 60.8 Å². The van der Waals surface area contributed by atoms with E-state index in [0.717, 1.165) is 0 Å². The number of benzene rings is 2. The van der Waals surface area contributed by atoms with Crippen molar-refractivity contribution in [1.29, 1.82) is 0 Å². The van der Waals surface area contributed by atoms with Gasteiger partial charge in [0, 0.05) is 11.8 Å². The number of fused-ring (bicyclic) bond motifs is 5. The largest absolute Gasteiger partial charge is 0.493 e. The second kappa shape index (κ2) is 7.94. The zero-order valence-corrected chi connectivity index (χ0v) is 17.9. The standard InChI is InChI=1S/C24H20N4O5/c1-32-17-11-10-15-20(21(17)33-2)24(31)28-16-8-4-3-7-14(16)23(30)27(22(15)28)13-19(29)26-18-9-5-6-12-25-18/h3-12,22H,13H2,1-2H3,(H,25,26,29)/t22-/m1/s1. The maximum absolute atomic E-state index is 13.6. The van der Waals surface area contributed by atoms with Crippen LogP contribution in [0.3, 0.4) is 0 Å². The summed E-state index contributed by atoms with van der Waals surface area (Å²) >= 11 is 0. The Labute approximate surface area is 189 Å². The number of pyridine rings is 1. The molecule has 0 radical (unpaired) electrons. The maximum Gasteiger partial charge on any atom is 0.264 e. The van der Waals surface area contributed by atoms with Gasteiger partial charge in [0.15, 0.2) is 11.5 Å². The van der Waals surface area contributed by atoms with E-state index in [4.69, 9.17) is 9.47 Å². The van der Waals surface area contributed by atoms with Crippen molar-refractivity contribution < 1.29 is 23.9 Å². The van der Waals surface area contributed by atoms with Crippen LogP contribution in [0.2, 0.25) is 0 Å². The van der Waals surface area contributed by atoms with Crippen LogP contribution in [0.25, 0.3) is 0 Å². The Balaban J connectivity index is 1.60. The molecule has 166 valence electrons. The number of carbonyl (C=O) groups excluding carboxylic acids is 3. The summed E-state index contributed by atoms with van der Waals surface area (Å²) in [7, 11) is 2.95. The molecule has 1 atom stereocenters. The fourth-order valence-electron chi connectivity index (χ4n) is 4.36. The summed E-state index contributed by atoms with van der Waals surface area (Å²) < 4.78 is 10.9. The number of nitrogens with zero attached hydrogens (tertiary/aromatic N) is 3. The Kier molecular flexibility index (Phi) is 4.93. The monoisotopic (exact) mass is 444 g/mol. The summed E-state index contributed by atoms with van der Waals surface area (Å²) in [5.74, 6) is -0.0405. The molecule has 3 amide bonds. The van der Waals surface area contributed by atoms with Crippen LogP contribution in [0.15, 0.2) is 60.8 Å². The molecule has 0 fully saturated rings. The fourth-order valence-corrected chi connectivity index (χ4v) is 4.36. The van der Waals surface area contributed by atoms with Gasteiger partial charge in [-0.2, -0.15) is 0 Å². The second-order valence-electron chi connectivity index (χ2n) is 7.53. The lowest BCUT2D eigenvalue weighted by Gasteiger charge is -2.40. The van der Waals surface area contributed by atoms with E-state index in [0.29, 0.717) is 33.9 Å². The first-order valence-corrected chi connectivity index (χ1v) is 10.2. The van der Waals surface area contributed by atoms with E-state index >= 15 is 0 Å². The lowest BCUT2D eigenvalue weighted by molar-refractivity contribution is -0.117. The quantitative estimate of drug-likeness (QED) is 0.650. The molecule has 0 bridgehead atoms. The summed E-state index contributed by atoms with van der Waals surface area (Å²) in [4.78, 5) is 46.9. The van der Waals surface area contributed by atoms with E-state index in [-0.39, 0.29) is 24.1 Å². The van der Waals surface area contributed by atoms with Crippen LogP contribution >= 0.6 is 0 Å². The summed E-state index contributed by atoms with van der Waals surface area (Å²) in [6, 6.07) is 15.4. The van der Waals surface area contributed by atoms with Gasteiger partial charge in [-0.1, -0.05) is 24.3 Å². The van der Waals surface area contributed by atoms with Crippen molar-refractivity contribution in [1.82, 2.24) is 9.88 Å². The number of hydrogen-bond donors (Lipinski definition) is 1. The molecule has 0 unspecified atom stereocenters. The number of nitrogens with one attached hydrogen (secondary N) is 1. The molecule has 3 heterocycles. The first kappa shape index (κ1) is 20.5. The number of amides is 3. The first-order chi connectivity index (χ1) is 16.0. The van der Waals surface area contributed by atoms with Crippen molar-refractivity contribution in [3.05, 3.63) is 77.5 Å². The molecule has 1 N–H and O–H groups in total. The molecule has 9 nitrogen and oxygen atoms in total. The highest BCUT2D eigenvalue weighted by atomic mass is 16.5. The molecular weight excluding hydrogens is 424 g/mol. The summed E-state index contributed by atoms with van der Waals surface area (Å²) in [6.45, 7) is -0.272. The Morgan fingerprint density at radius 1 is 1.00 bits per heavy atom. The molecule has 0 spiro atoms. The number of carbonyl (C=O) groups is 3. The molecule has 33 heavy (non-hydrogen) atoms. The van der Waals surface area contributed by atoms with E-state index in [2.05, 4.69) is 10.3 Å². The molecule has 9 heteroatoms. The Morgan fingerprint density at radius 2 is 1.79 bits per heavy atom. The Hall–Kier alpha value is -4.40. The molecule has 2 aromatic carbocycles. The molecule has 5 rings (SSSR count). The highest BCUT2D eigenvalue weighted by Crippen LogP contribution is 2.49. The third-order valence-corrected chi connectivity index (χ3v) is 5.73. The minimum Gasteiger partial charge on any atom is -0.493 e. The van der Waals surface area contributed by atoms with Crippen molar-refractivity contribution in [2.75, 3.05) is 31.0 Å². The normalized spacial score (nSPS) is 16.1. The smallest absolute Gasteiger partial charge is 0.264 e. The van der Waals surface area contributed by atoms with Gasteiger partial charge >= 0.3 is 0 Å². The van der Waals surface area contributed by atoms with Crippen molar-refractivity contribution in [3.8, 4) is 11.5 Å². The van der Waals surface area contributed by atoms with Crippen molar-refractivity contribution in [2.24, 2.45) is 0 Å². The number of hydrogen-bond acceptors (Lipinski definition) is 6. The summed E-state index contributed by atoms with van der Waals surface area (Å²) in [5.41, 5.74) is 1.69. The second-order valence-corrected chi connectivity index (χ2v) is 7.53. The lowest BCUT2D eigenvalue weighted by atomic mass is 10.0. The number of anilines is 2. The van der Waals surface area contributed by atoms with Crippen LogP contribution < -0.4 is 19.7 Å². The average molecular weight is 444 g/mol. The van der Waals surface area contributed by atoms with Crippen LogP contribution in [0.5, 0.6) is 11.5 Å². The molecule has 1 aromatic heterocycles. The van der Waals surface area contributed by atoms with E-state index < -0.39 is 12.1 Å². The summed E-state index contributed by atoms with van der Waals surface area (Å²) in [6.07, 6.45) is 0.759. The average Bonchev–Trinajstić information content (AvgIpc) is 3.14. The van der Waals surface area contributed by atoms with Crippen molar-refractivity contribution in [3.63, 3.8) is 0 Å². The molecule has 3 aromatic rings. The van der Waals surface area contributed by atoms with E-state index in [1.165, 1.54) is 24.0 Å². The van der Waals surface area contributed by atoms with Crippen LogP contribution in [-0.4, -0.2) is 48.4 Å². The van der Waals surface area contributed by atoms with Gasteiger partial charge in [-0.05, 0) is 30.3 Å². The lowest BCUT2D eigenvalue weighted by Crippen LogP contribution is -2.50. The fraction of sp³-hybridized carbons (Fsp3) is 0.167. The zero-order chi connectivity index (χ0) is 23.1. The summed E-state index contributed by atoms with van der Waals surface area (Å²) in [5, 5.41) is 2.70. The third kappa shape index (κ3) is 3.16. The van der Waals surface area contributed by atoms with Gasteiger partial charge in [-0.25, -0.2) is 4.98 Å². The van der Waals surface area contributed by atoms with Gasteiger partial charge in [0.25, 0.3) is 11.8 Å². The van der Waals surface area contributed by atoms with Crippen molar-refractivity contribution in [2.45, 2.75) is 6.17 Å². The van der Waals surface area contributed by atoms with Crippen molar-refractivity contribution >= 4 is 29.2 Å². The van der Waals surface area contributed by atoms with Gasteiger partial charge < -0.3 is 19.7 Å². The predicted molar refractivity (Wildman–Crippen MR) is 119 cm³/mol. The first-order valence-electron chi connectivity index (χ1n) is 10.2. The highest BCUT2D eigenvalue weighted by molar-refractivity contribution is 6.18. The maximum atomic E-state index is 13.6. The number of rotatable bonds is 5. The molecule has 0 saturated carbocycles. The minimum absolute atomic E-state index is 0.272. The van der Waals surface area contributed by atoms with Gasteiger partial charge in [0.1, 0.15) is 18.5 Å². The number of para-hydroxylation sites is 1. The molecule has 2 aliphatic rings. The van der Waals surface area contributed by atoms with Crippen LogP contribution in [-0.2, 0) is 4.79 Å². The molecule has 0 aliphatic carbocycles. The molecule has 0 saturated heterocycles. The van der Waals surface area contributed by atoms with E-state index in [9.17, 15) is 14.4 Å². The number of aromatic nitrogens is 1. The van der Waals surface area contributed by atoms with Crippen LogP contribution in [0, 0.1) is 0 Å². The van der Waals surface area contributed by atoms with Crippen LogP contribution in [0.4, 0.5) is 11.5 Å². The van der Waals surface area contributed by atoms with Gasteiger partial charge in [0.05, 0.1) is 31.0 Å². The predicted octanol–water partition coefficient (Wildman–Crippen LogP) is 2.85. The van der Waals surface area contributed by atoms with E-state index in [1.807, 2.05) is 0 Å². The minimum atomic E-state index is -0.802. The SMILES string of the molecule is COc1ccc2c(c1OC)C(=O)N1c3ccccc3C(=O)N(CC(=O)Nc3ccccn3)[C@@H]21. The Morgan fingerprint density at radius 3 is 2.52 bits per heavy atom. The third-order valence-electron chi connectivity index (χ3n) is 5.73. The van der Waals surface area contributed by atoms with Gasteiger partial charge in [-0.3, -0.25) is 19.3 Å². The van der Waals surface area contributed by atoms with Gasteiger partial charge in [-0.15, -0.1) is 0 Å². The topological polar surface area (TPSA) is 101 Å². The zero-order valence-electron chi connectivity index (χ0n) is 17.9. The number of methoxy groups -OCH3 is 2. The van der Waals surface area contributed by atoms with Gasteiger partial charge in [0.2, 0.25) is 5.91 Å². The highest BCUT2D eigenvalue weighted by Gasteiger charge is 2.50. The molecular formula is C24H20N4O5. The number of ether oxygens (including phenoxy) is 2. The Bertz CT molecular complexity index is 1280. The van der Waals surface area contributed by atoms with Crippen LogP contribution in [0.1, 0.15) is 32.4 Å².